The maximum atomic E-state index is 13.3. The van der Waals surface area contributed by atoms with Crippen LogP contribution in [0.25, 0.3) is 0 Å². The molecule has 36 heavy (non-hydrogen) atoms. The molecule has 0 bridgehead atoms. The van der Waals surface area contributed by atoms with Crippen LogP contribution in [0.5, 0.6) is 0 Å². The molecule has 0 spiro atoms. The highest BCUT2D eigenvalue weighted by atomic mass is 16.5. The maximum Gasteiger partial charge on any atom is 0.328 e. The molecular weight excluding hydrogens is 462 g/mol. The van der Waals surface area contributed by atoms with Crippen molar-refractivity contribution in [3.05, 3.63) is 71.8 Å². The Labute approximate surface area is 211 Å². The minimum Gasteiger partial charge on any atom is -0.480 e. The number of carbonyl (C=O) groups is 4. The Morgan fingerprint density at radius 2 is 1.58 bits per heavy atom. The molecule has 192 valence electrons. The number of ether oxygens (including phenoxy) is 1. The molecule has 0 radical (unpaired) electrons. The number of benzene rings is 2. The average molecular weight is 496 g/mol. The monoisotopic (exact) mass is 495 g/mol. The predicted molar refractivity (Wildman–Crippen MR) is 133 cm³/mol. The largest absolute Gasteiger partial charge is 0.480 e. The fraction of sp³-hybridized carbons (Fsp3) is 0.407. The van der Waals surface area contributed by atoms with E-state index in [4.69, 9.17) is 4.74 Å². The Balaban J connectivity index is 1.69. The summed E-state index contributed by atoms with van der Waals surface area (Å²) in [6.45, 7) is 5.58. The van der Waals surface area contributed by atoms with Gasteiger partial charge in [0.05, 0.1) is 12.6 Å². The standard InChI is InChI=1S/C27H33N3O6/c1-18(2)14-22(26(34)36-17-21-12-8-5-9-13-21)28-19(3)24(31)30-23(25(32)33)16-29(27(30)35)15-20-10-6-4-7-11-20/h4-13,18-19,22-23,28H,14-17H2,1-3H3,(H,32,33)/t19-,22+,23+/m1/s1. The lowest BCUT2D eigenvalue weighted by Crippen LogP contribution is -2.55. The summed E-state index contributed by atoms with van der Waals surface area (Å²) in [6, 6.07) is 14.6. The molecule has 3 atom stereocenters. The number of nitrogens with one attached hydrogen (secondary N) is 1. The van der Waals surface area contributed by atoms with Crippen molar-refractivity contribution in [1.29, 1.82) is 0 Å². The summed E-state index contributed by atoms with van der Waals surface area (Å²) in [4.78, 5) is 53.3. The molecule has 1 aliphatic rings. The summed E-state index contributed by atoms with van der Waals surface area (Å²) in [6.07, 6.45) is 0.404. The minimum atomic E-state index is -1.31. The molecule has 1 fully saturated rings. The third-order valence-electron chi connectivity index (χ3n) is 5.96. The van der Waals surface area contributed by atoms with Gasteiger partial charge in [-0.25, -0.2) is 14.5 Å². The molecule has 1 saturated heterocycles. The number of aliphatic carboxylic acids is 1. The summed E-state index contributed by atoms with van der Waals surface area (Å²) in [7, 11) is 0. The zero-order valence-electron chi connectivity index (χ0n) is 20.8. The summed E-state index contributed by atoms with van der Waals surface area (Å²) < 4.78 is 5.47. The predicted octanol–water partition coefficient (Wildman–Crippen LogP) is 3.04. The van der Waals surface area contributed by atoms with Crippen LogP contribution in [0.3, 0.4) is 0 Å². The number of imide groups is 1. The van der Waals surface area contributed by atoms with Gasteiger partial charge in [-0.05, 0) is 30.4 Å². The van der Waals surface area contributed by atoms with Crippen LogP contribution < -0.4 is 5.32 Å². The van der Waals surface area contributed by atoms with Gasteiger partial charge in [0.25, 0.3) is 0 Å². The van der Waals surface area contributed by atoms with E-state index in [1.54, 1.807) is 0 Å². The fourth-order valence-corrected chi connectivity index (χ4v) is 4.14. The van der Waals surface area contributed by atoms with E-state index in [1.165, 1.54) is 11.8 Å². The lowest BCUT2D eigenvalue weighted by Gasteiger charge is -2.27. The lowest BCUT2D eigenvalue weighted by molar-refractivity contribution is -0.150. The van der Waals surface area contributed by atoms with Gasteiger partial charge in [-0.3, -0.25) is 14.9 Å². The third-order valence-corrected chi connectivity index (χ3v) is 5.96. The molecule has 2 aromatic carbocycles. The second-order valence-corrected chi connectivity index (χ2v) is 9.37. The van der Waals surface area contributed by atoms with Crippen LogP contribution in [-0.2, 0) is 32.3 Å². The smallest absolute Gasteiger partial charge is 0.328 e. The number of hydrogen-bond donors (Lipinski definition) is 2. The highest BCUT2D eigenvalue weighted by Crippen LogP contribution is 2.21. The first-order chi connectivity index (χ1) is 17.2. The van der Waals surface area contributed by atoms with Gasteiger partial charge in [0.2, 0.25) is 5.91 Å². The normalized spacial score (nSPS) is 17.2. The van der Waals surface area contributed by atoms with Gasteiger partial charge in [-0.2, -0.15) is 0 Å². The number of hydrogen-bond acceptors (Lipinski definition) is 6. The molecule has 9 nitrogen and oxygen atoms in total. The summed E-state index contributed by atoms with van der Waals surface area (Å²) in [5.74, 6) is -2.36. The van der Waals surface area contributed by atoms with Gasteiger partial charge in [0.1, 0.15) is 12.6 Å². The van der Waals surface area contributed by atoms with E-state index in [1.807, 2.05) is 74.5 Å². The van der Waals surface area contributed by atoms with Crippen molar-refractivity contribution in [2.75, 3.05) is 6.54 Å². The Morgan fingerprint density at radius 3 is 2.14 bits per heavy atom. The number of urea groups is 1. The number of carbonyl (C=O) groups excluding carboxylic acids is 3. The first-order valence-corrected chi connectivity index (χ1v) is 12.0. The van der Waals surface area contributed by atoms with E-state index in [9.17, 15) is 24.3 Å². The van der Waals surface area contributed by atoms with Crippen molar-refractivity contribution < 1.29 is 29.0 Å². The zero-order valence-corrected chi connectivity index (χ0v) is 20.8. The van der Waals surface area contributed by atoms with E-state index in [-0.39, 0.29) is 25.6 Å². The van der Waals surface area contributed by atoms with Crippen LogP contribution in [0.1, 0.15) is 38.3 Å². The SMILES string of the molecule is CC(C)C[C@H](N[C@H](C)C(=O)N1C(=O)N(Cc2ccccc2)C[C@H]1C(=O)O)C(=O)OCc1ccccc1. The zero-order chi connectivity index (χ0) is 26.2. The van der Waals surface area contributed by atoms with Gasteiger partial charge < -0.3 is 14.7 Å². The van der Waals surface area contributed by atoms with Crippen LogP contribution in [0.4, 0.5) is 4.79 Å². The lowest BCUT2D eigenvalue weighted by atomic mass is 10.0. The Bertz CT molecular complexity index is 1060. The molecule has 0 saturated carbocycles. The number of nitrogens with zero attached hydrogens (tertiary/aromatic N) is 2. The number of rotatable bonds is 11. The second-order valence-electron chi connectivity index (χ2n) is 9.37. The number of esters is 1. The van der Waals surface area contributed by atoms with Crippen LogP contribution in [0.15, 0.2) is 60.7 Å². The highest BCUT2D eigenvalue weighted by molar-refractivity contribution is 6.02. The highest BCUT2D eigenvalue weighted by Gasteiger charge is 2.46. The van der Waals surface area contributed by atoms with E-state index in [0.29, 0.717) is 6.42 Å². The van der Waals surface area contributed by atoms with E-state index in [2.05, 4.69) is 5.32 Å². The average Bonchev–Trinajstić information content (AvgIpc) is 3.18. The summed E-state index contributed by atoms with van der Waals surface area (Å²) in [5.41, 5.74) is 1.66. The first kappa shape index (κ1) is 26.9. The molecule has 1 heterocycles. The molecule has 2 aromatic rings. The van der Waals surface area contributed by atoms with Crippen molar-refractivity contribution in [2.24, 2.45) is 5.92 Å². The third kappa shape index (κ3) is 6.91. The fourth-order valence-electron chi connectivity index (χ4n) is 4.14. The number of carboxylic acid groups (broad SMARTS) is 1. The Kier molecular flexibility index (Phi) is 9.19. The van der Waals surface area contributed by atoms with Crippen LogP contribution in [-0.4, -0.2) is 63.5 Å². The van der Waals surface area contributed by atoms with Crippen molar-refractivity contribution in [3.8, 4) is 0 Å². The van der Waals surface area contributed by atoms with E-state index >= 15 is 0 Å². The second kappa shape index (κ2) is 12.3. The van der Waals surface area contributed by atoms with Gasteiger partial charge >= 0.3 is 18.0 Å². The van der Waals surface area contributed by atoms with Gasteiger partial charge in [0, 0.05) is 6.54 Å². The molecule has 1 aliphatic heterocycles. The molecule has 0 aromatic heterocycles. The summed E-state index contributed by atoms with van der Waals surface area (Å²) >= 11 is 0. The Morgan fingerprint density at radius 1 is 1.00 bits per heavy atom. The molecule has 3 amide bonds. The maximum absolute atomic E-state index is 13.3. The van der Waals surface area contributed by atoms with E-state index in [0.717, 1.165) is 16.0 Å². The van der Waals surface area contributed by atoms with Gasteiger partial charge in [-0.15, -0.1) is 0 Å². The minimum absolute atomic E-state index is 0.0957. The van der Waals surface area contributed by atoms with Crippen molar-refractivity contribution in [1.82, 2.24) is 15.1 Å². The molecule has 2 N–H and O–H groups in total. The first-order valence-electron chi connectivity index (χ1n) is 12.0. The molecule has 9 heteroatoms. The molecule has 3 rings (SSSR count). The quantitative estimate of drug-likeness (QED) is 0.460. The van der Waals surface area contributed by atoms with Crippen molar-refractivity contribution in [2.45, 2.75) is 58.5 Å². The van der Waals surface area contributed by atoms with Crippen LogP contribution in [0, 0.1) is 5.92 Å². The van der Waals surface area contributed by atoms with Crippen molar-refractivity contribution >= 4 is 23.9 Å². The van der Waals surface area contributed by atoms with E-state index < -0.39 is 42.0 Å². The Hall–Kier alpha value is -3.72. The van der Waals surface area contributed by atoms with Crippen LogP contribution in [0.2, 0.25) is 0 Å². The molecular formula is C27H33N3O6. The van der Waals surface area contributed by atoms with Gasteiger partial charge in [0.15, 0.2) is 6.04 Å². The van der Waals surface area contributed by atoms with Crippen LogP contribution >= 0.6 is 0 Å². The number of carboxylic acids is 1. The summed E-state index contributed by atoms with van der Waals surface area (Å²) in [5, 5.41) is 12.7. The number of amides is 3. The molecule has 0 aliphatic carbocycles. The van der Waals surface area contributed by atoms with Gasteiger partial charge in [-0.1, -0.05) is 74.5 Å². The topological polar surface area (TPSA) is 116 Å². The molecule has 0 unspecified atom stereocenters. The van der Waals surface area contributed by atoms with Crippen molar-refractivity contribution in [3.63, 3.8) is 0 Å².